The van der Waals surface area contributed by atoms with Crippen LogP contribution in [0.3, 0.4) is 0 Å². The second-order valence-corrected chi connectivity index (χ2v) is 4.94. The van der Waals surface area contributed by atoms with Crippen LogP contribution in [0.5, 0.6) is 0 Å². The normalized spacial score (nSPS) is 23.5. The Morgan fingerprint density at radius 2 is 2.05 bits per heavy atom. The first-order chi connectivity index (χ1) is 8.90. The van der Waals surface area contributed by atoms with E-state index in [9.17, 15) is 18.7 Å². The Kier molecular flexibility index (Phi) is 3.71. The van der Waals surface area contributed by atoms with Crippen molar-refractivity contribution in [3.63, 3.8) is 0 Å². The summed E-state index contributed by atoms with van der Waals surface area (Å²) in [5, 5.41) is 9.61. The minimum Gasteiger partial charge on any atom is -0.398 e. The summed E-state index contributed by atoms with van der Waals surface area (Å²) in [7, 11) is 0. The minimum atomic E-state index is -1.09. The highest BCUT2D eigenvalue weighted by Crippen LogP contribution is 2.23. The van der Waals surface area contributed by atoms with Crippen LogP contribution in [0.15, 0.2) is 12.1 Å². The summed E-state index contributed by atoms with van der Waals surface area (Å²) in [6, 6.07) is 1.63. The number of likely N-dealkylation sites (tertiary alicyclic amines) is 1. The molecule has 0 spiro atoms. The lowest BCUT2D eigenvalue weighted by atomic mass is 9.96. The molecule has 0 aliphatic carbocycles. The number of aliphatic hydroxyl groups excluding tert-OH is 1. The maximum Gasteiger partial charge on any atom is 0.256 e. The smallest absolute Gasteiger partial charge is 0.256 e. The zero-order chi connectivity index (χ0) is 14.2. The van der Waals surface area contributed by atoms with Crippen LogP contribution in [0.4, 0.5) is 14.5 Å². The maximum atomic E-state index is 13.2. The summed E-state index contributed by atoms with van der Waals surface area (Å²) >= 11 is 0. The number of aliphatic hydroxyl groups is 1. The first-order valence-electron chi connectivity index (χ1n) is 6.12. The molecular weight excluding hydrogens is 254 g/mol. The Hall–Kier alpha value is -1.69. The van der Waals surface area contributed by atoms with Gasteiger partial charge in [0.25, 0.3) is 5.91 Å². The lowest BCUT2D eigenvalue weighted by molar-refractivity contribution is 0.0298. The number of nitrogen functional groups attached to an aromatic ring is 1. The standard InChI is InChI=1S/C13H16F2N2O2/c1-7-6-17(3-2-12(7)18)13(19)8-4-9(14)10(15)5-11(8)16/h4-5,7,12,18H,2-3,6,16H2,1H3. The molecule has 2 rings (SSSR count). The molecule has 3 N–H and O–H groups in total. The summed E-state index contributed by atoms with van der Waals surface area (Å²) < 4.78 is 26.1. The minimum absolute atomic E-state index is 0.0394. The van der Waals surface area contributed by atoms with Crippen LogP contribution in [0.2, 0.25) is 0 Å². The van der Waals surface area contributed by atoms with Gasteiger partial charge in [0.1, 0.15) is 0 Å². The van der Waals surface area contributed by atoms with Gasteiger partial charge in [-0.25, -0.2) is 8.78 Å². The van der Waals surface area contributed by atoms with Crippen molar-refractivity contribution < 1.29 is 18.7 Å². The molecule has 2 unspecified atom stereocenters. The quantitative estimate of drug-likeness (QED) is 0.758. The number of rotatable bonds is 1. The van der Waals surface area contributed by atoms with Gasteiger partial charge in [-0.3, -0.25) is 4.79 Å². The van der Waals surface area contributed by atoms with E-state index in [0.717, 1.165) is 12.1 Å². The monoisotopic (exact) mass is 270 g/mol. The highest BCUT2D eigenvalue weighted by molar-refractivity contribution is 5.99. The third-order valence-corrected chi connectivity index (χ3v) is 3.47. The maximum absolute atomic E-state index is 13.2. The van der Waals surface area contributed by atoms with Gasteiger partial charge in [-0.05, 0) is 18.4 Å². The fourth-order valence-corrected chi connectivity index (χ4v) is 2.24. The number of carbonyl (C=O) groups is 1. The molecule has 1 aromatic rings. The zero-order valence-electron chi connectivity index (χ0n) is 10.6. The number of nitrogens with zero attached hydrogens (tertiary/aromatic N) is 1. The molecule has 19 heavy (non-hydrogen) atoms. The van der Waals surface area contributed by atoms with Crippen molar-refractivity contribution in [1.82, 2.24) is 4.90 Å². The number of amides is 1. The van der Waals surface area contributed by atoms with Gasteiger partial charge in [-0.15, -0.1) is 0 Å². The molecule has 0 saturated carbocycles. The number of piperidine rings is 1. The van der Waals surface area contributed by atoms with E-state index in [1.807, 2.05) is 6.92 Å². The SMILES string of the molecule is CC1CN(C(=O)c2cc(F)c(F)cc2N)CCC1O. The third-order valence-electron chi connectivity index (χ3n) is 3.47. The van der Waals surface area contributed by atoms with Gasteiger partial charge >= 0.3 is 0 Å². The summed E-state index contributed by atoms with van der Waals surface area (Å²) in [6.45, 7) is 2.58. The summed E-state index contributed by atoms with van der Waals surface area (Å²) in [5.41, 5.74) is 5.44. The molecule has 1 heterocycles. The van der Waals surface area contributed by atoms with Gasteiger partial charge in [0.15, 0.2) is 11.6 Å². The van der Waals surface area contributed by atoms with Gasteiger partial charge in [-0.1, -0.05) is 6.92 Å². The Morgan fingerprint density at radius 1 is 1.42 bits per heavy atom. The molecule has 4 nitrogen and oxygen atoms in total. The van der Waals surface area contributed by atoms with Crippen molar-refractivity contribution in [3.05, 3.63) is 29.3 Å². The van der Waals surface area contributed by atoms with Gasteiger partial charge < -0.3 is 15.7 Å². The fraction of sp³-hybridized carbons (Fsp3) is 0.462. The lowest BCUT2D eigenvalue weighted by Crippen LogP contribution is -2.45. The molecule has 0 radical (unpaired) electrons. The van der Waals surface area contributed by atoms with Crippen LogP contribution in [0, 0.1) is 17.6 Å². The first-order valence-corrected chi connectivity index (χ1v) is 6.12. The molecular formula is C13H16F2N2O2. The van der Waals surface area contributed by atoms with E-state index in [1.165, 1.54) is 4.90 Å². The summed E-state index contributed by atoms with van der Waals surface area (Å²) in [4.78, 5) is 13.7. The number of carbonyl (C=O) groups excluding carboxylic acids is 1. The van der Waals surface area contributed by atoms with E-state index < -0.39 is 23.6 Å². The van der Waals surface area contributed by atoms with Crippen molar-refractivity contribution >= 4 is 11.6 Å². The number of hydrogen-bond acceptors (Lipinski definition) is 3. The van der Waals surface area contributed by atoms with Crippen LogP contribution in [0.25, 0.3) is 0 Å². The second kappa shape index (κ2) is 5.13. The van der Waals surface area contributed by atoms with Crippen LogP contribution >= 0.6 is 0 Å². The van der Waals surface area contributed by atoms with Gasteiger partial charge in [0.2, 0.25) is 0 Å². The van der Waals surface area contributed by atoms with E-state index in [-0.39, 0.29) is 17.2 Å². The number of halogens is 2. The molecule has 1 aromatic carbocycles. The van der Waals surface area contributed by atoms with Crippen LogP contribution in [0.1, 0.15) is 23.7 Å². The van der Waals surface area contributed by atoms with E-state index in [0.29, 0.717) is 19.5 Å². The number of hydrogen-bond donors (Lipinski definition) is 2. The second-order valence-electron chi connectivity index (χ2n) is 4.94. The van der Waals surface area contributed by atoms with Crippen LogP contribution in [-0.4, -0.2) is 35.1 Å². The summed E-state index contributed by atoms with van der Waals surface area (Å²) in [6.07, 6.45) is 0.0302. The Balaban J connectivity index is 2.23. The van der Waals surface area contributed by atoms with E-state index in [4.69, 9.17) is 5.73 Å². The Morgan fingerprint density at radius 3 is 2.68 bits per heavy atom. The third kappa shape index (κ3) is 2.68. The first kappa shape index (κ1) is 13.7. The molecule has 1 aliphatic rings. The van der Waals surface area contributed by atoms with Gasteiger partial charge in [0, 0.05) is 24.8 Å². The molecule has 1 saturated heterocycles. The highest BCUT2D eigenvalue weighted by Gasteiger charge is 2.29. The van der Waals surface area contributed by atoms with Crippen molar-refractivity contribution in [3.8, 4) is 0 Å². The zero-order valence-corrected chi connectivity index (χ0v) is 10.6. The van der Waals surface area contributed by atoms with Crippen LogP contribution in [-0.2, 0) is 0 Å². The average Bonchev–Trinajstić information content (AvgIpc) is 2.36. The lowest BCUT2D eigenvalue weighted by Gasteiger charge is -2.34. The molecule has 1 amide bonds. The number of anilines is 1. The van der Waals surface area contributed by atoms with E-state index in [2.05, 4.69) is 0 Å². The molecule has 2 atom stereocenters. The molecule has 6 heteroatoms. The van der Waals surface area contributed by atoms with Crippen molar-refractivity contribution in [2.45, 2.75) is 19.4 Å². The predicted molar refractivity (Wildman–Crippen MR) is 66.5 cm³/mol. The fourth-order valence-electron chi connectivity index (χ4n) is 2.24. The molecule has 0 aromatic heterocycles. The Labute approximate surface area is 109 Å². The molecule has 1 aliphatic heterocycles. The number of nitrogens with two attached hydrogens (primary N) is 1. The van der Waals surface area contributed by atoms with Crippen molar-refractivity contribution in [2.24, 2.45) is 5.92 Å². The summed E-state index contributed by atoms with van der Waals surface area (Å²) in [5.74, 6) is -2.65. The van der Waals surface area contributed by atoms with Gasteiger partial charge in [0.05, 0.1) is 11.7 Å². The molecule has 104 valence electrons. The van der Waals surface area contributed by atoms with E-state index >= 15 is 0 Å². The average molecular weight is 270 g/mol. The van der Waals surface area contributed by atoms with E-state index in [1.54, 1.807) is 0 Å². The predicted octanol–water partition coefficient (Wildman–Crippen LogP) is 1.39. The van der Waals surface area contributed by atoms with Crippen LogP contribution < -0.4 is 5.73 Å². The Bertz CT molecular complexity index is 508. The largest absolute Gasteiger partial charge is 0.398 e. The number of benzene rings is 1. The van der Waals surface area contributed by atoms with Gasteiger partial charge in [-0.2, -0.15) is 0 Å². The van der Waals surface area contributed by atoms with Crippen molar-refractivity contribution in [1.29, 1.82) is 0 Å². The molecule has 1 fully saturated rings. The highest BCUT2D eigenvalue weighted by atomic mass is 19.2. The van der Waals surface area contributed by atoms with Crippen molar-refractivity contribution in [2.75, 3.05) is 18.8 Å². The topological polar surface area (TPSA) is 66.6 Å². The molecule has 0 bridgehead atoms.